The fraction of sp³-hybridized carbons (Fsp3) is 0.600. The molecule has 0 aliphatic carbocycles. The van der Waals surface area contributed by atoms with Gasteiger partial charge >= 0.3 is 0 Å². The van der Waals surface area contributed by atoms with Gasteiger partial charge in [-0.05, 0) is 19.9 Å². The highest BCUT2D eigenvalue weighted by Crippen LogP contribution is 2.20. The number of halogens is 1. The highest BCUT2D eigenvalue weighted by atomic mass is 35.5. The number of ether oxygens (including phenoxy) is 1. The second-order valence-corrected chi connectivity index (χ2v) is 5.76. The molecule has 1 saturated heterocycles. The van der Waals surface area contributed by atoms with Crippen LogP contribution in [0.4, 0.5) is 0 Å². The average molecular weight is 328 g/mol. The van der Waals surface area contributed by atoms with Gasteiger partial charge in [0.05, 0.1) is 17.7 Å². The minimum atomic E-state index is -0.360. The average Bonchev–Trinajstić information content (AvgIpc) is 2.49. The smallest absolute Gasteiger partial charge is 0.274 e. The zero-order chi connectivity index (χ0) is 16.1. The molecule has 1 aliphatic rings. The molecule has 122 valence electrons. The Balaban J connectivity index is 2.02. The van der Waals surface area contributed by atoms with Crippen LogP contribution in [0.1, 0.15) is 24.3 Å². The number of piperazine rings is 1. The molecule has 6 nitrogen and oxygen atoms in total. The summed E-state index contributed by atoms with van der Waals surface area (Å²) in [5, 5.41) is 9.74. The molecule has 1 atom stereocenters. The Labute approximate surface area is 135 Å². The quantitative estimate of drug-likeness (QED) is 0.882. The van der Waals surface area contributed by atoms with Gasteiger partial charge in [-0.25, -0.2) is 4.98 Å². The Kier molecular flexibility index (Phi) is 5.99. The van der Waals surface area contributed by atoms with Gasteiger partial charge < -0.3 is 14.7 Å². The van der Waals surface area contributed by atoms with Gasteiger partial charge in [0.15, 0.2) is 5.69 Å². The van der Waals surface area contributed by atoms with Crippen molar-refractivity contribution >= 4 is 17.5 Å². The second kappa shape index (κ2) is 7.76. The van der Waals surface area contributed by atoms with Gasteiger partial charge in [0.25, 0.3) is 5.91 Å². The van der Waals surface area contributed by atoms with Crippen molar-refractivity contribution in [3.63, 3.8) is 0 Å². The summed E-state index contributed by atoms with van der Waals surface area (Å²) in [4.78, 5) is 20.6. The minimum Gasteiger partial charge on any atom is -0.478 e. The van der Waals surface area contributed by atoms with Crippen LogP contribution in [0, 0.1) is 0 Å². The topological polar surface area (TPSA) is 65.9 Å². The first-order valence-corrected chi connectivity index (χ1v) is 7.88. The van der Waals surface area contributed by atoms with E-state index in [1.807, 2.05) is 6.92 Å². The monoisotopic (exact) mass is 327 g/mol. The van der Waals surface area contributed by atoms with Crippen LogP contribution in [0.3, 0.4) is 0 Å². The molecule has 0 radical (unpaired) electrons. The fourth-order valence-corrected chi connectivity index (χ4v) is 2.65. The number of carbonyl (C=O) groups excluding carboxylic acids is 1. The highest BCUT2D eigenvalue weighted by molar-refractivity contribution is 6.33. The molecule has 0 aromatic carbocycles. The molecule has 1 aromatic heterocycles. The first-order valence-electron chi connectivity index (χ1n) is 7.50. The van der Waals surface area contributed by atoms with Crippen LogP contribution >= 0.6 is 11.6 Å². The van der Waals surface area contributed by atoms with Crippen LogP contribution < -0.4 is 4.74 Å². The molecule has 2 rings (SSSR count). The van der Waals surface area contributed by atoms with E-state index in [1.54, 1.807) is 24.0 Å². The summed E-state index contributed by atoms with van der Waals surface area (Å²) < 4.78 is 5.32. The Morgan fingerprint density at radius 1 is 1.41 bits per heavy atom. The molecule has 7 heteroatoms. The Hall–Kier alpha value is -1.37. The number of hydrogen-bond acceptors (Lipinski definition) is 5. The Morgan fingerprint density at radius 3 is 2.68 bits per heavy atom. The summed E-state index contributed by atoms with van der Waals surface area (Å²) in [5.41, 5.74) is 0.233. The zero-order valence-corrected chi connectivity index (χ0v) is 13.7. The van der Waals surface area contributed by atoms with E-state index in [9.17, 15) is 9.90 Å². The molecule has 0 saturated carbocycles. The van der Waals surface area contributed by atoms with Crippen LogP contribution in [0.5, 0.6) is 5.88 Å². The minimum absolute atomic E-state index is 0.178. The molecule has 1 amide bonds. The fourth-order valence-electron chi connectivity index (χ4n) is 2.46. The maximum Gasteiger partial charge on any atom is 0.274 e. The van der Waals surface area contributed by atoms with Crippen molar-refractivity contribution < 1.29 is 14.6 Å². The summed E-state index contributed by atoms with van der Waals surface area (Å²) in [6.07, 6.45) is -0.360. The first-order chi connectivity index (χ1) is 10.5. The van der Waals surface area contributed by atoms with Gasteiger partial charge in [-0.15, -0.1) is 0 Å². The zero-order valence-electron chi connectivity index (χ0n) is 13.0. The van der Waals surface area contributed by atoms with E-state index in [0.29, 0.717) is 37.1 Å². The number of aromatic nitrogens is 1. The van der Waals surface area contributed by atoms with E-state index >= 15 is 0 Å². The predicted molar refractivity (Wildman–Crippen MR) is 84.4 cm³/mol. The van der Waals surface area contributed by atoms with E-state index < -0.39 is 0 Å². The molecule has 1 aliphatic heterocycles. The number of aliphatic hydroxyl groups excluding tert-OH is 1. The van der Waals surface area contributed by atoms with Crippen LogP contribution in [0.25, 0.3) is 0 Å². The number of hydrogen-bond donors (Lipinski definition) is 1. The van der Waals surface area contributed by atoms with Crippen LogP contribution in [-0.4, -0.2) is 71.2 Å². The standard InChI is InChI=1S/C15H22ClN3O3/c1-3-22-13-5-4-12(16)14(17-13)15(21)19-8-6-18(7-9-19)10-11(2)20/h4-5,11,20H,3,6-10H2,1-2H3/t11-/m1/s1. The Bertz CT molecular complexity index is 517. The third-order valence-electron chi connectivity index (χ3n) is 3.50. The van der Waals surface area contributed by atoms with E-state index in [-0.39, 0.29) is 17.7 Å². The van der Waals surface area contributed by atoms with E-state index in [0.717, 1.165) is 13.1 Å². The van der Waals surface area contributed by atoms with Gasteiger partial charge in [-0.2, -0.15) is 0 Å². The molecule has 0 unspecified atom stereocenters. The lowest BCUT2D eigenvalue weighted by molar-refractivity contribution is 0.0548. The summed E-state index contributed by atoms with van der Waals surface area (Å²) in [6, 6.07) is 3.29. The summed E-state index contributed by atoms with van der Waals surface area (Å²) in [6.45, 7) is 7.41. The van der Waals surface area contributed by atoms with E-state index in [1.165, 1.54) is 0 Å². The first kappa shape index (κ1) is 17.0. The summed E-state index contributed by atoms with van der Waals surface area (Å²) in [5.74, 6) is 0.228. The molecule has 0 bridgehead atoms. The number of aliphatic hydroxyl groups is 1. The number of nitrogens with zero attached hydrogens (tertiary/aromatic N) is 3. The lowest BCUT2D eigenvalue weighted by atomic mass is 10.2. The van der Waals surface area contributed by atoms with Crippen LogP contribution in [-0.2, 0) is 0 Å². The van der Waals surface area contributed by atoms with Crippen molar-refractivity contribution in [3.05, 3.63) is 22.8 Å². The highest BCUT2D eigenvalue weighted by Gasteiger charge is 2.25. The number of amides is 1. The van der Waals surface area contributed by atoms with Crippen molar-refractivity contribution in [1.29, 1.82) is 0 Å². The number of rotatable bonds is 5. The molecule has 0 spiro atoms. The normalized spacial score (nSPS) is 17.4. The van der Waals surface area contributed by atoms with Gasteiger partial charge in [0.1, 0.15) is 0 Å². The van der Waals surface area contributed by atoms with Crippen molar-refractivity contribution in [2.45, 2.75) is 20.0 Å². The number of carbonyl (C=O) groups is 1. The third-order valence-corrected chi connectivity index (χ3v) is 3.80. The maximum absolute atomic E-state index is 12.6. The van der Waals surface area contributed by atoms with E-state index in [2.05, 4.69) is 9.88 Å². The summed E-state index contributed by atoms with van der Waals surface area (Å²) in [7, 11) is 0. The molecule has 1 fully saturated rings. The number of β-amino-alcohol motifs (C(OH)–C–C–N with tert-alkyl or cyclic N) is 1. The van der Waals surface area contributed by atoms with E-state index in [4.69, 9.17) is 16.3 Å². The molecule has 1 N–H and O–H groups in total. The van der Waals surface area contributed by atoms with Crippen molar-refractivity contribution in [3.8, 4) is 5.88 Å². The van der Waals surface area contributed by atoms with Gasteiger partial charge in [0, 0.05) is 38.8 Å². The molecule has 22 heavy (non-hydrogen) atoms. The van der Waals surface area contributed by atoms with Crippen molar-refractivity contribution in [2.75, 3.05) is 39.3 Å². The predicted octanol–water partition coefficient (Wildman–Crippen LogP) is 1.27. The molecule has 1 aromatic rings. The van der Waals surface area contributed by atoms with Crippen LogP contribution in [0.15, 0.2) is 12.1 Å². The lowest BCUT2D eigenvalue weighted by Crippen LogP contribution is -2.50. The Morgan fingerprint density at radius 2 is 2.09 bits per heavy atom. The van der Waals surface area contributed by atoms with Crippen LogP contribution in [0.2, 0.25) is 5.02 Å². The molecule has 2 heterocycles. The van der Waals surface area contributed by atoms with Gasteiger partial charge in [-0.3, -0.25) is 9.69 Å². The lowest BCUT2D eigenvalue weighted by Gasteiger charge is -2.35. The number of pyridine rings is 1. The largest absolute Gasteiger partial charge is 0.478 e. The second-order valence-electron chi connectivity index (χ2n) is 5.35. The van der Waals surface area contributed by atoms with Gasteiger partial charge in [-0.1, -0.05) is 11.6 Å². The SMILES string of the molecule is CCOc1ccc(Cl)c(C(=O)N2CCN(C[C@@H](C)O)CC2)n1. The van der Waals surface area contributed by atoms with Crippen molar-refractivity contribution in [2.24, 2.45) is 0 Å². The third kappa shape index (κ3) is 4.32. The van der Waals surface area contributed by atoms with Gasteiger partial charge in [0.2, 0.25) is 5.88 Å². The maximum atomic E-state index is 12.6. The summed E-state index contributed by atoms with van der Waals surface area (Å²) >= 11 is 6.10. The van der Waals surface area contributed by atoms with Crippen molar-refractivity contribution in [1.82, 2.24) is 14.8 Å². The molecular weight excluding hydrogens is 306 g/mol. The molecular formula is C15H22ClN3O3.